The fourth-order valence-electron chi connectivity index (χ4n) is 2.77. The number of amides is 1. The molecular weight excluding hydrogens is 384 g/mol. The van der Waals surface area contributed by atoms with Crippen LogP contribution in [0.2, 0.25) is 0 Å². The van der Waals surface area contributed by atoms with Crippen LogP contribution in [0.1, 0.15) is 22.9 Å². The standard InChI is InChI=1S/C23H26N2O3S/c1-3-27-22-13-18(14-24-15-20-5-4-12-29-20)8-11-21(22)28-16-23(26)25-19-9-6-17(2)7-10-19/h4-13,24H,3,14-16H2,1-2H3,(H,25,26). The van der Waals surface area contributed by atoms with Gasteiger partial charge in [-0.05, 0) is 55.1 Å². The zero-order valence-corrected chi connectivity index (χ0v) is 17.6. The normalized spacial score (nSPS) is 10.6. The van der Waals surface area contributed by atoms with E-state index in [4.69, 9.17) is 9.47 Å². The molecule has 0 saturated carbocycles. The van der Waals surface area contributed by atoms with E-state index in [2.05, 4.69) is 28.1 Å². The van der Waals surface area contributed by atoms with Gasteiger partial charge in [-0.2, -0.15) is 0 Å². The van der Waals surface area contributed by atoms with Gasteiger partial charge in [0.2, 0.25) is 0 Å². The highest BCUT2D eigenvalue weighted by molar-refractivity contribution is 7.09. The van der Waals surface area contributed by atoms with Crippen molar-refractivity contribution in [2.24, 2.45) is 0 Å². The van der Waals surface area contributed by atoms with E-state index in [1.807, 2.05) is 56.3 Å². The van der Waals surface area contributed by atoms with Crippen LogP contribution in [0.5, 0.6) is 11.5 Å². The maximum Gasteiger partial charge on any atom is 0.262 e. The Hall–Kier alpha value is -2.83. The molecule has 0 saturated heterocycles. The summed E-state index contributed by atoms with van der Waals surface area (Å²) in [7, 11) is 0. The molecule has 2 aromatic carbocycles. The summed E-state index contributed by atoms with van der Waals surface area (Å²) in [4.78, 5) is 13.5. The molecule has 2 N–H and O–H groups in total. The highest BCUT2D eigenvalue weighted by atomic mass is 32.1. The van der Waals surface area contributed by atoms with Crippen LogP contribution < -0.4 is 20.1 Å². The lowest BCUT2D eigenvalue weighted by Gasteiger charge is -2.14. The van der Waals surface area contributed by atoms with Gasteiger partial charge in [0.1, 0.15) is 0 Å². The van der Waals surface area contributed by atoms with Gasteiger partial charge in [-0.1, -0.05) is 29.8 Å². The van der Waals surface area contributed by atoms with Crippen molar-refractivity contribution < 1.29 is 14.3 Å². The lowest BCUT2D eigenvalue weighted by Crippen LogP contribution is -2.20. The van der Waals surface area contributed by atoms with Gasteiger partial charge >= 0.3 is 0 Å². The van der Waals surface area contributed by atoms with Crippen molar-refractivity contribution in [3.8, 4) is 11.5 Å². The minimum absolute atomic E-state index is 0.0794. The second kappa shape index (κ2) is 10.6. The van der Waals surface area contributed by atoms with Crippen LogP contribution in [0.4, 0.5) is 5.69 Å². The summed E-state index contributed by atoms with van der Waals surface area (Å²) in [6, 6.07) is 17.6. The number of ether oxygens (including phenoxy) is 2. The molecule has 5 nitrogen and oxygen atoms in total. The van der Waals surface area contributed by atoms with Gasteiger partial charge in [0.05, 0.1) is 6.61 Å². The molecule has 1 amide bonds. The topological polar surface area (TPSA) is 59.6 Å². The van der Waals surface area contributed by atoms with Gasteiger partial charge in [-0.3, -0.25) is 4.79 Å². The number of benzene rings is 2. The predicted molar refractivity (Wildman–Crippen MR) is 118 cm³/mol. The van der Waals surface area contributed by atoms with Crippen molar-refractivity contribution in [3.63, 3.8) is 0 Å². The van der Waals surface area contributed by atoms with E-state index in [0.29, 0.717) is 18.1 Å². The van der Waals surface area contributed by atoms with Crippen molar-refractivity contribution >= 4 is 22.9 Å². The molecule has 0 aliphatic heterocycles. The van der Waals surface area contributed by atoms with E-state index in [0.717, 1.165) is 29.9 Å². The van der Waals surface area contributed by atoms with Gasteiger partial charge in [0.15, 0.2) is 18.1 Å². The number of rotatable bonds is 10. The Balaban J connectivity index is 1.54. The molecule has 0 atom stereocenters. The molecule has 0 radical (unpaired) electrons. The zero-order chi connectivity index (χ0) is 20.5. The maximum absolute atomic E-state index is 12.2. The number of hydrogen-bond acceptors (Lipinski definition) is 5. The molecule has 0 aliphatic carbocycles. The van der Waals surface area contributed by atoms with Crippen LogP contribution in [0.25, 0.3) is 0 Å². The second-order valence-electron chi connectivity index (χ2n) is 6.60. The monoisotopic (exact) mass is 410 g/mol. The number of carbonyl (C=O) groups excluding carboxylic acids is 1. The highest BCUT2D eigenvalue weighted by Gasteiger charge is 2.10. The Kier molecular flexibility index (Phi) is 7.67. The second-order valence-corrected chi connectivity index (χ2v) is 7.63. The van der Waals surface area contributed by atoms with Crippen molar-refractivity contribution in [2.75, 3.05) is 18.5 Å². The highest BCUT2D eigenvalue weighted by Crippen LogP contribution is 2.28. The average Bonchev–Trinajstić information content (AvgIpc) is 3.23. The number of anilines is 1. The first-order valence-corrected chi connectivity index (χ1v) is 10.5. The third-order valence-corrected chi connectivity index (χ3v) is 5.09. The quantitative estimate of drug-likeness (QED) is 0.506. The molecule has 0 fully saturated rings. The maximum atomic E-state index is 12.2. The van der Waals surface area contributed by atoms with E-state index in [9.17, 15) is 4.79 Å². The Bertz CT molecular complexity index is 908. The summed E-state index contributed by atoms with van der Waals surface area (Å²) < 4.78 is 11.4. The SMILES string of the molecule is CCOc1cc(CNCc2cccs2)ccc1OCC(=O)Nc1ccc(C)cc1. The van der Waals surface area contributed by atoms with E-state index in [1.54, 1.807) is 11.3 Å². The third kappa shape index (κ3) is 6.62. The average molecular weight is 411 g/mol. The van der Waals surface area contributed by atoms with Crippen molar-refractivity contribution in [3.05, 3.63) is 76.0 Å². The fourth-order valence-corrected chi connectivity index (χ4v) is 3.44. The number of nitrogens with one attached hydrogen (secondary N) is 2. The van der Waals surface area contributed by atoms with Crippen molar-refractivity contribution in [1.82, 2.24) is 5.32 Å². The zero-order valence-electron chi connectivity index (χ0n) is 16.7. The first-order chi connectivity index (χ1) is 14.1. The Labute approximate surface area is 175 Å². The molecule has 1 heterocycles. The van der Waals surface area contributed by atoms with E-state index < -0.39 is 0 Å². The lowest BCUT2D eigenvalue weighted by atomic mass is 10.2. The summed E-state index contributed by atoms with van der Waals surface area (Å²) in [5.74, 6) is 0.997. The predicted octanol–water partition coefficient (Wildman–Crippen LogP) is 4.76. The van der Waals surface area contributed by atoms with Crippen LogP contribution in [-0.4, -0.2) is 19.1 Å². The van der Waals surface area contributed by atoms with Crippen molar-refractivity contribution in [1.29, 1.82) is 0 Å². The Morgan fingerprint density at radius 2 is 1.83 bits per heavy atom. The fraction of sp³-hybridized carbons (Fsp3) is 0.261. The molecular formula is C23H26N2O3S. The van der Waals surface area contributed by atoms with Crippen LogP contribution >= 0.6 is 11.3 Å². The summed E-state index contributed by atoms with van der Waals surface area (Å²) >= 11 is 1.74. The molecule has 0 spiro atoms. The molecule has 152 valence electrons. The lowest BCUT2D eigenvalue weighted by molar-refractivity contribution is -0.118. The van der Waals surface area contributed by atoms with Gasteiger partial charge in [-0.25, -0.2) is 0 Å². The summed E-state index contributed by atoms with van der Waals surface area (Å²) in [5, 5.41) is 8.33. The molecule has 29 heavy (non-hydrogen) atoms. The van der Waals surface area contributed by atoms with Gasteiger partial charge in [0, 0.05) is 23.7 Å². The smallest absolute Gasteiger partial charge is 0.262 e. The first kappa shape index (κ1) is 20.9. The first-order valence-electron chi connectivity index (χ1n) is 9.62. The van der Waals surface area contributed by atoms with E-state index in [-0.39, 0.29) is 12.5 Å². The number of hydrogen-bond donors (Lipinski definition) is 2. The number of thiophene rings is 1. The minimum Gasteiger partial charge on any atom is -0.490 e. The minimum atomic E-state index is -0.210. The molecule has 0 unspecified atom stereocenters. The van der Waals surface area contributed by atoms with Gasteiger partial charge < -0.3 is 20.1 Å². The Morgan fingerprint density at radius 1 is 1.00 bits per heavy atom. The summed E-state index contributed by atoms with van der Waals surface area (Å²) in [5.41, 5.74) is 2.99. The molecule has 1 aromatic heterocycles. The van der Waals surface area contributed by atoms with E-state index in [1.165, 1.54) is 4.88 Å². The van der Waals surface area contributed by atoms with Crippen LogP contribution in [0.3, 0.4) is 0 Å². The van der Waals surface area contributed by atoms with E-state index >= 15 is 0 Å². The Morgan fingerprint density at radius 3 is 2.55 bits per heavy atom. The molecule has 0 bridgehead atoms. The third-order valence-electron chi connectivity index (χ3n) is 4.21. The van der Waals surface area contributed by atoms with Gasteiger partial charge in [0.25, 0.3) is 5.91 Å². The summed E-state index contributed by atoms with van der Waals surface area (Å²) in [6.45, 7) is 5.94. The van der Waals surface area contributed by atoms with Crippen LogP contribution in [0, 0.1) is 6.92 Å². The van der Waals surface area contributed by atoms with Crippen LogP contribution in [-0.2, 0) is 17.9 Å². The molecule has 3 rings (SSSR count). The van der Waals surface area contributed by atoms with Crippen LogP contribution in [0.15, 0.2) is 60.0 Å². The van der Waals surface area contributed by atoms with Crippen molar-refractivity contribution in [2.45, 2.75) is 26.9 Å². The number of carbonyl (C=O) groups is 1. The van der Waals surface area contributed by atoms with Gasteiger partial charge in [-0.15, -0.1) is 11.3 Å². The molecule has 0 aliphatic rings. The largest absolute Gasteiger partial charge is 0.490 e. The molecule has 6 heteroatoms. The number of aryl methyl sites for hydroxylation is 1. The summed E-state index contributed by atoms with van der Waals surface area (Å²) in [6.07, 6.45) is 0. The molecule has 3 aromatic rings.